The lowest BCUT2D eigenvalue weighted by Crippen LogP contribution is -2.27. The van der Waals surface area contributed by atoms with E-state index in [2.05, 4.69) is 86.7 Å². The van der Waals surface area contributed by atoms with Crippen molar-refractivity contribution in [3.05, 3.63) is 123 Å². The van der Waals surface area contributed by atoms with Crippen LogP contribution in [-0.2, 0) is 5.41 Å². The van der Waals surface area contributed by atoms with Crippen LogP contribution in [0.1, 0.15) is 25.0 Å². The molecule has 0 bridgehead atoms. The summed E-state index contributed by atoms with van der Waals surface area (Å²) >= 11 is 7.48. The topological polar surface area (TPSA) is 56.5 Å². The molecular formula is C35H23Br2N5. The van der Waals surface area contributed by atoms with Crippen molar-refractivity contribution in [3.63, 3.8) is 0 Å². The second-order valence-electron chi connectivity index (χ2n) is 11.1. The Bertz CT molecular complexity index is 2130. The Morgan fingerprint density at radius 2 is 1.19 bits per heavy atom. The van der Waals surface area contributed by atoms with E-state index in [1.807, 2.05) is 66.9 Å². The van der Waals surface area contributed by atoms with Crippen LogP contribution in [0.15, 0.2) is 112 Å². The number of hydrogen-bond donors (Lipinski definition) is 0. The molecule has 7 heteroatoms. The molecule has 1 aliphatic rings. The van der Waals surface area contributed by atoms with E-state index in [1.54, 1.807) is 0 Å². The van der Waals surface area contributed by atoms with Gasteiger partial charge in [-0.05, 0) is 42.0 Å². The van der Waals surface area contributed by atoms with Crippen molar-refractivity contribution >= 4 is 53.7 Å². The quantitative estimate of drug-likeness (QED) is 0.188. The van der Waals surface area contributed by atoms with E-state index < -0.39 is 0 Å². The Balaban J connectivity index is 1.39. The summed E-state index contributed by atoms with van der Waals surface area (Å²) in [5.41, 5.74) is 7.11. The fourth-order valence-corrected chi connectivity index (χ4v) is 6.90. The van der Waals surface area contributed by atoms with Gasteiger partial charge in [-0.1, -0.05) is 106 Å². The molecule has 3 aromatic heterocycles. The zero-order chi connectivity index (χ0) is 28.6. The van der Waals surface area contributed by atoms with Gasteiger partial charge in [-0.15, -0.1) is 0 Å². The van der Waals surface area contributed by atoms with E-state index >= 15 is 0 Å². The fourth-order valence-electron chi connectivity index (χ4n) is 6.08. The number of fused-ring (bicyclic) bond motifs is 5. The van der Waals surface area contributed by atoms with Crippen molar-refractivity contribution in [1.29, 1.82) is 0 Å². The van der Waals surface area contributed by atoms with E-state index in [0.29, 0.717) is 17.5 Å². The highest BCUT2D eigenvalue weighted by Gasteiger charge is 2.37. The molecule has 0 radical (unpaired) electrons. The van der Waals surface area contributed by atoms with Gasteiger partial charge < -0.3 is 0 Å². The first-order valence-corrected chi connectivity index (χ1v) is 15.3. The number of benzene rings is 4. The predicted octanol–water partition coefficient (Wildman–Crippen LogP) is 9.53. The first-order chi connectivity index (χ1) is 20.4. The van der Waals surface area contributed by atoms with E-state index in [4.69, 9.17) is 19.9 Å². The maximum atomic E-state index is 5.13. The minimum atomic E-state index is -0.320. The Hall–Kier alpha value is -4.20. The summed E-state index contributed by atoms with van der Waals surface area (Å²) in [5, 5.41) is 2.40. The molecule has 4 aromatic carbocycles. The molecule has 0 saturated carbocycles. The van der Waals surface area contributed by atoms with Gasteiger partial charge in [-0.25, -0.2) is 19.9 Å². The van der Waals surface area contributed by atoms with Gasteiger partial charge in [-0.2, -0.15) is 0 Å². The Morgan fingerprint density at radius 3 is 1.83 bits per heavy atom. The molecule has 4 heterocycles. The maximum Gasteiger partial charge on any atom is 0.165 e. The highest BCUT2D eigenvalue weighted by Crippen LogP contribution is 2.48. The summed E-state index contributed by atoms with van der Waals surface area (Å²) in [5.74, 6) is 2.80. The van der Waals surface area contributed by atoms with Crippen molar-refractivity contribution in [2.75, 3.05) is 0 Å². The largest absolute Gasteiger partial charge is 0.293 e. The van der Waals surface area contributed by atoms with E-state index in [9.17, 15) is 0 Å². The third-order valence-electron chi connectivity index (χ3n) is 8.17. The molecule has 0 atom stereocenters. The molecule has 0 saturated heterocycles. The Morgan fingerprint density at radius 1 is 0.595 bits per heavy atom. The number of hydrogen-bond acceptors (Lipinski definition) is 4. The molecule has 7 aromatic rings. The van der Waals surface area contributed by atoms with Gasteiger partial charge in [-0.3, -0.25) is 4.57 Å². The minimum absolute atomic E-state index is 0.320. The molecule has 5 nitrogen and oxygen atoms in total. The lowest BCUT2D eigenvalue weighted by atomic mass is 9.75. The van der Waals surface area contributed by atoms with Crippen molar-refractivity contribution < 1.29 is 0 Å². The second-order valence-corrected chi connectivity index (χ2v) is 12.9. The van der Waals surface area contributed by atoms with Crippen LogP contribution in [0.4, 0.5) is 0 Å². The molecule has 1 aliphatic heterocycles. The summed E-state index contributed by atoms with van der Waals surface area (Å²) in [4.78, 5) is 19.9. The SMILES string of the molecule is CC1(C)c2cc(-c3nc(-c4ccccc4)nc(-c4ccccc4)n3)cnc2-n2c3ccc(Br)cc3c3cc(Br)cc1c32. The second kappa shape index (κ2) is 9.41. The van der Waals surface area contributed by atoms with Gasteiger partial charge >= 0.3 is 0 Å². The van der Waals surface area contributed by atoms with Crippen LogP contribution >= 0.6 is 31.9 Å². The zero-order valence-electron chi connectivity index (χ0n) is 22.8. The van der Waals surface area contributed by atoms with Crippen molar-refractivity contribution in [1.82, 2.24) is 24.5 Å². The summed E-state index contributed by atoms with van der Waals surface area (Å²) < 4.78 is 4.42. The third-order valence-corrected chi connectivity index (χ3v) is 9.12. The monoisotopic (exact) mass is 671 g/mol. The van der Waals surface area contributed by atoms with Crippen LogP contribution in [-0.4, -0.2) is 24.5 Å². The molecular weight excluding hydrogens is 650 g/mol. The molecule has 8 rings (SSSR count). The van der Waals surface area contributed by atoms with Gasteiger partial charge in [0, 0.05) is 53.6 Å². The number of halogens is 2. The molecule has 0 fully saturated rings. The zero-order valence-corrected chi connectivity index (χ0v) is 26.0. The summed E-state index contributed by atoms with van der Waals surface area (Å²) in [6.45, 7) is 4.54. The predicted molar refractivity (Wildman–Crippen MR) is 176 cm³/mol. The summed E-state index contributed by atoms with van der Waals surface area (Å²) in [7, 11) is 0. The van der Waals surface area contributed by atoms with Crippen LogP contribution in [0.2, 0.25) is 0 Å². The molecule has 0 unspecified atom stereocenters. The van der Waals surface area contributed by atoms with Crippen LogP contribution in [0.3, 0.4) is 0 Å². The normalized spacial score (nSPS) is 13.4. The molecule has 0 spiro atoms. The number of rotatable bonds is 3. The molecule has 0 aliphatic carbocycles. The molecule has 42 heavy (non-hydrogen) atoms. The van der Waals surface area contributed by atoms with Crippen LogP contribution in [0.25, 0.3) is 61.8 Å². The standard InChI is InChI=1S/C35H23Br2N5/c1-35(2)27-18-24(37)17-26-25-16-23(36)13-14-29(25)42(30(26)27)34-28(35)15-22(19-38-34)33-40-31(20-9-5-3-6-10-20)39-32(41-33)21-11-7-4-8-12-21/h3-19H,1-2H3. The van der Waals surface area contributed by atoms with Crippen molar-refractivity contribution in [2.24, 2.45) is 0 Å². The van der Waals surface area contributed by atoms with Gasteiger partial charge in [0.1, 0.15) is 5.82 Å². The molecule has 0 amide bonds. The first-order valence-electron chi connectivity index (χ1n) is 13.7. The highest BCUT2D eigenvalue weighted by molar-refractivity contribution is 9.10. The molecule has 0 N–H and O–H groups in total. The lowest BCUT2D eigenvalue weighted by Gasteiger charge is -2.34. The smallest absolute Gasteiger partial charge is 0.165 e. The van der Waals surface area contributed by atoms with Gasteiger partial charge in [0.2, 0.25) is 0 Å². The van der Waals surface area contributed by atoms with Crippen molar-refractivity contribution in [3.8, 4) is 40.0 Å². The van der Waals surface area contributed by atoms with Crippen molar-refractivity contribution in [2.45, 2.75) is 19.3 Å². The third kappa shape index (κ3) is 3.87. The molecule has 202 valence electrons. The average molecular weight is 673 g/mol. The van der Waals surface area contributed by atoms with E-state index in [-0.39, 0.29) is 5.41 Å². The highest BCUT2D eigenvalue weighted by atomic mass is 79.9. The van der Waals surface area contributed by atoms with E-state index in [0.717, 1.165) is 42.5 Å². The maximum absolute atomic E-state index is 5.13. The fraction of sp³-hybridized carbons (Fsp3) is 0.0857. The average Bonchev–Trinajstić information content (AvgIpc) is 3.33. The summed E-state index contributed by atoms with van der Waals surface area (Å²) in [6.07, 6.45) is 1.90. The van der Waals surface area contributed by atoms with Gasteiger partial charge in [0.15, 0.2) is 17.5 Å². The van der Waals surface area contributed by atoms with Crippen LogP contribution in [0.5, 0.6) is 0 Å². The summed E-state index contributed by atoms with van der Waals surface area (Å²) in [6, 6.07) is 33.2. The number of aromatic nitrogens is 5. The lowest BCUT2D eigenvalue weighted by molar-refractivity contribution is 0.624. The first kappa shape index (κ1) is 25.5. The Kier molecular flexibility index (Phi) is 5.71. The van der Waals surface area contributed by atoms with Crippen LogP contribution in [0, 0.1) is 0 Å². The van der Waals surface area contributed by atoms with Crippen LogP contribution < -0.4 is 0 Å². The van der Waals surface area contributed by atoms with Gasteiger partial charge in [0.05, 0.1) is 11.0 Å². The minimum Gasteiger partial charge on any atom is -0.293 e. The number of pyridine rings is 1. The number of nitrogens with zero attached hydrogens (tertiary/aromatic N) is 5. The van der Waals surface area contributed by atoms with E-state index in [1.165, 1.54) is 21.9 Å². The Labute approximate surface area is 259 Å². The van der Waals surface area contributed by atoms with Gasteiger partial charge in [0.25, 0.3) is 0 Å².